The van der Waals surface area contributed by atoms with E-state index in [9.17, 15) is 27.9 Å². The van der Waals surface area contributed by atoms with Crippen molar-refractivity contribution in [3.63, 3.8) is 0 Å². The molecule has 2 amide bonds. The Hall–Kier alpha value is -3.49. The zero-order valence-electron chi connectivity index (χ0n) is 13.0. The maximum atomic E-state index is 12.5. The molecule has 0 atom stereocenters. The number of fused-ring (bicyclic) bond motifs is 1. The number of H-pyrrole nitrogens is 1. The molecule has 3 rings (SSSR count). The van der Waals surface area contributed by atoms with Gasteiger partial charge in [-0.1, -0.05) is 0 Å². The minimum atomic E-state index is -4.46. The molecule has 0 aliphatic carbocycles. The van der Waals surface area contributed by atoms with Gasteiger partial charge in [-0.05, 0) is 42.5 Å². The first-order valence-electron chi connectivity index (χ1n) is 7.34. The first-order valence-corrected chi connectivity index (χ1v) is 7.34. The number of carboxylic acid groups (broad SMARTS) is 1. The van der Waals surface area contributed by atoms with Gasteiger partial charge in [-0.2, -0.15) is 13.2 Å². The molecule has 0 radical (unpaired) electrons. The highest BCUT2D eigenvalue weighted by Crippen LogP contribution is 2.30. The second-order valence-electron chi connectivity index (χ2n) is 5.42. The van der Waals surface area contributed by atoms with Crippen molar-refractivity contribution in [3.8, 4) is 0 Å². The third-order valence-electron chi connectivity index (χ3n) is 3.63. The summed E-state index contributed by atoms with van der Waals surface area (Å²) < 4.78 is 37.6. The third kappa shape index (κ3) is 3.61. The molecule has 134 valence electrons. The van der Waals surface area contributed by atoms with E-state index in [0.717, 1.165) is 24.3 Å². The van der Waals surface area contributed by atoms with E-state index in [0.29, 0.717) is 10.9 Å². The Balaban J connectivity index is 1.76. The molecule has 3 aromatic rings. The fourth-order valence-electron chi connectivity index (χ4n) is 2.45. The summed E-state index contributed by atoms with van der Waals surface area (Å²) in [5, 5.41) is 14.6. The Kier molecular flexibility index (Phi) is 4.29. The Morgan fingerprint density at radius 2 is 1.62 bits per heavy atom. The summed E-state index contributed by atoms with van der Waals surface area (Å²) in [6.45, 7) is 0. The number of rotatable bonds is 3. The predicted octanol–water partition coefficient (Wildman–Crippen LogP) is 4.53. The van der Waals surface area contributed by atoms with Crippen LogP contribution in [0.5, 0.6) is 0 Å². The maximum Gasteiger partial charge on any atom is 0.416 e. The average molecular weight is 363 g/mol. The average Bonchev–Trinajstić information content (AvgIpc) is 3.01. The van der Waals surface area contributed by atoms with Gasteiger partial charge in [0.1, 0.15) is 0 Å². The van der Waals surface area contributed by atoms with E-state index in [1.54, 1.807) is 18.3 Å². The summed E-state index contributed by atoms with van der Waals surface area (Å²) in [6, 6.07) is 7.68. The summed E-state index contributed by atoms with van der Waals surface area (Å²) >= 11 is 0. The van der Waals surface area contributed by atoms with Crippen LogP contribution in [-0.4, -0.2) is 22.1 Å². The van der Waals surface area contributed by atoms with E-state index < -0.39 is 23.7 Å². The van der Waals surface area contributed by atoms with E-state index in [2.05, 4.69) is 15.6 Å². The van der Waals surface area contributed by atoms with Crippen molar-refractivity contribution in [2.24, 2.45) is 0 Å². The lowest BCUT2D eigenvalue weighted by molar-refractivity contribution is -0.137. The van der Waals surface area contributed by atoms with Crippen LogP contribution in [0.1, 0.15) is 15.9 Å². The second kappa shape index (κ2) is 6.43. The topological polar surface area (TPSA) is 94.2 Å². The van der Waals surface area contributed by atoms with Crippen LogP contribution in [0.3, 0.4) is 0 Å². The number of anilines is 2. The monoisotopic (exact) mass is 363 g/mol. The number of aromatic amines is 1. The quantitative estimate of drug-likeness (QED) is 0.551. The summed E-state index contributed by atoms with van der Waals surface area (Å²) in [6.07, 6.45) is -2.89. The lowest BCUT2D eigenvalue weighted by Crippen LogP contribution is -2.19. The van der Waals surface area contributed by atoms with E-state index in [4.69, 9.17) is 0 Å². The summed E-state index contributed by atoms with van der Waals surface area (Å²) in [4.78, 5) is 26.2. The van der Waals surface area contributed by atoms with E-state index in [1.165, 1.54) is 6.07 Å². The minimum absolute atomic E-state index is 0.00794. The van der Waals surface area contributed by atoms with Crippen LogP contribution in [0.4, 0.5) is 29.3 Å². The number of aromatic nitrogens is 1. The smallest absolute Gasteiger partial charge is 0.416 e. The van der Waals surface area contributed by atoms with Gasteiger partial charge in [0.25, 0.3) is 0 Å². The molecular weight excluding hydrogens is 351 g/mol. The van der Waals surface area contributed by atoms with Gasteiger partial charge in [0.05, 0.1) is 11.1 Å². The number of hydrogen-bond donors (Lipinski definition) is 4. The van der Waals surface area contributed by atoms with Gasteiger partial charge in [-0.15, -0.1) is 0 Å². The van der Waals surface area contributed by atoms with Crippen LogP contribution in [0.15, 0.2) is 48.7 Å². The summed E-state index contributed by atoms with van der Waals surface area (Å²) in [5.74, 6) is -1.15. The van der Waals surface area contributed by atoms with Crippen LogP contribution < -0.4 is 10.6 Å². The number of halogens is 3. The third-order valence-corrected chi connectivity index (χ3v) is 3.63. The molecule has 6 nitrogen and oxygen atoms in total. The molecule has 0 saturated heterocycles. The molecule has 0 aliphatic heterocycles. The summed E-state index contributed by atoms with van der Waals surface area (Å²) in [5.41, 5.74) is 0.0896. The Bertz CT molecular complexity index is 978. The summed E-state index contributed by atoms with van der Waals surface area (Å²) in [7, 11) is 0. The molecule has 0 saturated carbocycles. The minimum Gasteiger partial charge on any atom is -0.478 e. The molecule has 0 spiro atoms. The van der Waals surface area contributed by atoms with Gasteiger partial charge in [-0.3, -0.25) is 0 Å². The Labute approximate surface area is 144 Å². The van der Waals surface area contributed by atoms with Crippen molar-refractivity contribution in [2.45, 2.75) is 6.18 Å². The van der Waals surface area contributed by atoms with E-state index in [-0.39, 0.29) is 16.9 Å². The van der Waals surface area contributed by atoms with E-state index in [1.807, 2.05) is 0 Å². The van der Waals surface area contributed by atoms with Crippen LogP contribution in [-0.2, 0) is 6.18 Å². The number of carboxylic acids is 1. The van der Waals surface area contributed by atoms with Crippen LogP contribution in [0, 0.1) is 0 Å². The molecule has 9 heteroatoms. The first-order chi connectivity index (χ1) is 12.2. The zero-order valence-corrected chi connectivity index (χ0v) is 13.0. The number of urea groups is 1. The molecule has 1 aromatic heterocycles. The van der Waals surface area contributed by atoms with Crippen LogP contribution in [0.25, 0.3) is 10.9 Å². The Morgan fingerprint density at radius 1 is 0.962 bits per heavy atom. The highest BCUT2D eigenvalue weighted by atomic mass is 19.4. The highest BCUT2D eigenvalue weighted by molar-refractivity contribution is 6.07. The largest absolute Gasteiger partial charge is 0.478 e. The number of aromatic carboxylic acids is 1. The van der Waals surface area contributed by atoms with Gasteiger partial charge in [0.2, 0.25) is 0 Å². The number of alkyl halides is 3. The van der Waals surface area contributed by atoms with E-state index >= 15 is 0 Å². The molecular formula is C17H12F3N3O3. The van der Waals surface area contributed by atoms with Crippen molar-refractivity contribution in [1.82, 2.24) is 4.98 Å². The molecule has 0 aliphatic rings. The number of hydrogen-bond acceptors (Lipinski definition) is 2. The van der Waals surface area contributed by atoms with Gasteiger partial charge >= 0.3 is 18.2 Å². The number of amides is 2. The lowest BCUT2D eigenvalue weighted by Gasteiger charge is -2.10. The second-order valence-corrected chi connectivity index (χ2v) is 5.42. The highest BCUT2D eigenvalue weighted by Gasteiger charge is 2.30. The Morgan fingerprint density at radius 3 is 2.23 bits per heavy atom. The SMILES string of the molecule is O=C(Nc1ccc(C(F)(F)F)cc1)Nc1cc(C(=O)O)c2cc[nH]c2c1. The molecule has 0 bridgehead atoms. The number of nitrogens with one attached hydrogen (secondary N) is 3. The lowest BCUT2D eigenvalue weighted by atomic mass is 10.1. The van der Waals surface area contributed by atoms with Gasteiger partial charge in [-0.25, -0.2) is 9.59 Å². The van der Waals surface area contributed by atoms with Crippen LogP contribution >= 0.6 is 0 Å². The predicted molar refractivity (Wildman–Crippen MR) is 89.3 cm³/mol. The van der Waals surface area contributed by atoms with Gasteiger partial charge < -0.3 is 20.7 Å². The normalized spacial score (nSPS) is 11.3. The molecule has 26 heavy (non-hydrogen) atoms. The fourth-order valence-corrected chi connectivity index (χ4v) is 2.45. The molecule has 4 N–H and O–H groups in total. The molecule has 0 unspecified atom stereocenters. The molecule has 0 fully saturated rings. The van der Waals surface area contributed by atoms with Crippen molar-refractivity contribution < 1.29 is 27.9 Å². The zero-order chi connectivity index (χ0) is 18.9. The van der Waals surface area contributed by atoms with Crippen molar-refractivity contribution in [1.29, 1.82) is 0 Å². The van der Waals surface area contributed by atoms with Crippen molar-refractivity contribution >= 4 is 34.3 Å². The maximum absolute atomic E-state index is 12.5. The van der Waals surface area contributed by atoms with Gasteiger partial charge in [0.15, 0.2) is 0 Å². The molecule has 1 heterocycles. The standard InChI is InChI=1S/C17H12F3N3O3/c18-17(19,20)9-1-3-10(4-2-9)22-16(26)23-11-7-13(15(24)25)12-5-6-21-14(12)8-11/h1-8,21H,(H,24,25)(H2,22,23,26). The number of carbonyl (C=O) groups excluding carboxylic acids is 1. The van der Waals surface area contributed by atoms with Crippen molar-refractivity contribution in [2.75, 3.05) is 10.6 Å². The van der Waals surface area contributed by atoms with Crippen molar-refractivity contribution in [3.05, 3.63) is 59.8 Å². The number of carbonyl (C=O) groups is 2. The van der Waals surface area contributed by atoms with Gasteiger partial charge in [0, 0.05) is 28.5 Å². The van der Waals surface area contributed by atoms with Crippen LogP contribution in [0.2, 0.25) is 0 Å². The fraction of sp³-hybridized carbons (Fsp3) is 0.0588. The first kappa shape index (κ1) is 17.3. The molecule has 2 aromatic carbocycles. The number of benzene rings is 2.